The van der Waals surface area contributed by atoms with E-state index in [0.29, 0.717) is 43.4 Å². The first-order chi connectivity index (χ1) is 16.8. The molecule has 8 bridgehead atoms. The molecule has 7 heteroatoms. The van der Waals surface area contributed by atoms with Crippen molar-refractivity contribution < 1.29 is 34.1 Å². The highest BCUT2D eigenvalue weighted by molar-refractivity contribution is 5.77. The Morgan fingerprint density at radius 2 is 1.28 bits per heavy atom. The van der Waals surface area contributed by atoms with E-state index in [9.17, 15) is 24.6 Å². The third kappa shape index (κ3) is 3.82. The zero-order chi connectivity index (χ0) is 25.7. The number of hydrogen-bond donors (Lipinski definition) is 2. The molecule has 2 N–H and O–H groups in total. The zero-order valence-electron chi connectivity index (χ0n) is 22.0. The average molecular weight is 503 g/mol. The van der Waals surface area contributed by atoms with Crippen molar-refractivity contribution in [3.8, 4) is 0 Å². The molecule has 0 aromatic carbocycles. The van der Waals surface area contributed by atoms with Crippen molar-refractivity contribution >= 4 is 17.9 Å². The van der Waals surface area contributed by atoms with Crippen molar-refractivity contribution in [1.82, 2.24) is 0 Å². The minimum absolute atomic E-state index is 0.190. The van der Waals surface area contributed by atoms with Gasteiger partial charge in [0.2, 0.25) is 0 Å². The van der Waals surface area contributed by atoms with E-state index in [2.05, 4.69) is 0 Å². The van der Waals surface area contributed by atoms with Gasteiger partial charge in [0.05, 0.1) is 22.9 Å². The van der Waals surface area contributed by atoms with E-state index < -0.39 is 40.0 Å². The van der Waals surface area contributed by atoms with Crippen LogP contribution >= 0.6 is 0 Å². The van der Waals surface area contributed by atoms with E-state index in [4.69, 9.17) is 9.47 Å². The Balaban J connectivity index is 1.07. The number of aliphatic carboxylic acids is 1. The van der Waals surface area contributed by atoms with Gasteiger partial charge >= 0.3 is 17.9 Å². The molecule has 8 aliphatic carbocycles. The maximum Gasteiger partial charge on any atom is 0.309 e. The first-order valence-corrected chi connectivity index (χ1v) is 14.2. The lowest BCUT2D eigenvalue weighted by molar-refractivity contribution is -0.235. The Labute approximate surface area is 213 Å². The molecule has 0 aliphatic heterocycles. The minimum atomic E-state index is -0.743. The molecule has 200 valence electrons. The van der Waals surface area contributed by atoms with Crippen molar-refractivity contribution in [3.05, 3.63) is 0 Å². The Bertz CT molecular complexity index is 937. The van der Waals surface area contributed by atoms with Gasteiger partial charge in [-0.05, 0) is 107 Å². The maximum atomic E-state index is 13.2. The number of ether oxygens (including phenoxy) is 2. The number of aliphatic hydroxyl groups is 1. The summed E-state index contributed by atoms with van der Waals surface area (Å²) >= 11 is 0. The van der Waals surface area contributed by atoms with Crippen LogP contribution in [0.5, 0.6) is 0 Å². The molecule has 0 saturated heterocycles. The van der Waals surface area contributed by atoms with E-state index in [1.54, 1.807) is 0 Å². The fraction of sp³-hybridized carbons (Fsp3) is 0.897. The van der Waals surface area contributed by atoms with Crippen LogP contribution in [0.1, 0.15) is 97.8 Å². The average Bonchev–Trinajstić information content (AvgIpc) is 2.75. The summed E-state index contributed by atoms with van der Waals surface area (Å²) in [7, 11) is 0. The van der Waals surface area contributed by atoms with Gasteiger partial charge in [-0.15, -0.1) is 0 Å². The van der Waals surface area contributed by atoms with Crippen molar-refractivity contribution in [2.45, 2.75) is 115 Å². The number of carbonyl (C=O) groups is 3. The van der Waals surface area contributed by atoms with Gasteiger partial charge in [-0.1, -0.05) is 13.8 Å². The molecule has 8 fully saturated rings. The summed E-state index contributed by atoms with van der Waals surface area (Å²) < 4.78 is 12.3. The van der Waals surface area contributed by atoms with E-state index in [-0.39, 0.29) is 23.8 Å². The molecule has 36 heavy (non-hydrogen) atoms. The molecule has 6 atom stereocenters. The molecule has 8 rings (SSSR count). The van der Waals surface area contributed by atoms with Crippen LogP contribution in [-0.2, 0) is 23.9 Å². The smallest absolute Gasteiger partial charge is 0.309 e. The standard InChI is InChI=1S/C29H42O7/c1-16(23(30)35-28-10-18-6-21(13-28)26(3,34)22(7-18)14-28)4-17(2)24(31)36-29-11-19-5-20(12-29)9-27(8-19,15-29)25(32)33/h16-22,34H,4-15H2,1-3H3,(H,32,33). The van der Waals surface area contributed by atoms with E-state index >= 15 is 0 Å². The molecule has 0 aromatic heterocycles. The molecular formula is C29H42O7. The van der Waals surface area contributed by atoms with Gasteiger partial charge < -0.3 is 19.7 Å². The number of carboxylic acid groups (broad SMARTS) is 1. The zero-order valence-corrected chi connectivity index (χ0v) is 22.0. The van der Waals surface area contributed by atoms with Gasteiger partial charge in [0.15, 0.2) is 0 Å². The van der Waals surface area contributed by atoms with Crippen molar-refractivity contribution in [2.75, 3.05) is 0 Å². The summed E-state index contributed by atoms with van der Waals surface area (Å²) in [5.74, 6) is -0.659. The Morgan fingerprint density at radius 1 is 0.778 bits per heavy atom. The van der Waals surface area contributed by atoms with Crippen LogP contribution in [0.2, 0.25) is 0 Å². The van der Waals surface area contributed by atoms with Gasteiger partial charge in [-0.3, -0.25) is 14.4 Å². The van der Waals surface area contributed by atoms with Gasteiger partial charge in [0.25, 0.3) is 0 Å². The summed E-state index contributed by atoms with van der Waals surface area (Å²) in [6, 6.07) is 0. The number of esters is 2. The predicted molar refractivity (Wildman–Crippen MR) is 130 cm³/mol. The highest BCUT2D eigenvalue weighted by Gasteiger charge is 2.63. The lowest BCUT2D eigenvalue weighted by Crippen LogP contribution is -2.63. The second-order valence-corrected chi connectivity index (χ2v) is 14.4. The monoisotopic (exact) mass is 502 g/mol. The Kier molecular flexibility index (Phi) is 5.44. The van der Waals surface area contributed by atoms with E-state index in [1.165, 1.54) is 0 Å². The Hall–Kier alpha value is -1.63. The third-order valence-corrected chi connectivity index (χ3v) is 11.4. The molecule has 0 spiro atoms. The lowest BCUT2D eigenvalue weighted by Gasteiger charge is -2.61. The summed E-state index contributed by atoms with van der Waals surface area (Å²) in [4.78, 5) is 38.5. The van der Waals surface area contributed by atoms with Crippen molar-refractivity contribution in [3.63, 3.8) is 0 Å². The van der Waals surface area contributed by atoms with Gasteiger partial charge in [0.1, 0.15) is 11.2 Å². The van der Waals surface area contributed by atoms with Crippen LogP contribution in [0.25, 0.3) is 0 Å². The SMILES string of the molecule is CC(CC(C)C(=O)OC12CC3CC(C1)CC(C(=O)O)(C3)C2)C(=O)OC12CC3CC(C1)C(C)(O)C(C3)C2. The van der Waals surface area contributed by atoms with E-state index in [0.717, 1.165) is 51.4 Å². The summed E-state index contributed by atoms with van der Waals surface area (Å²) in [5, 5.41) is 20.9. The highest BCUT2D eigenvalue weighted by Crippen LogP contribution is 2.63. The number of hydrogen-bond acceptors (Lipinski definition) is 6. The van der Waals surface area contributed by atoms with Crippen molar-refractivity contribution in [2.24, 2.45) is 46.8 Å². The first kappa shape index (κ1) is 24.7. The molecule has 8 saturated carbocycles. The molecule has 8 aliphatic rings. The van der Waals surface area contributed by atoms with E-state index in [1.807, 2.05) is 20.8 Å². The molecular weight excluding hydrogens is 460 g/mol. The van der Waals surface area contributed by atoms with Crippen LogP contribution in [0.15, 0.2) is 0 Å². The van der Waals surface area contributed by atoms with Crippen molar-refractivity contribution in [1.29, 1.82) is 0 Å². The van der Waals surface area contributed by atoms with Gasteiger partial charge in [-0.25, -0.2) is 0 Å². The molecule has 0 amide bonds. The summed E-state index contributed by atoms with van der Waals surface area (Å²) in [6.45, 7) is 5.59. The minimum Gasteiger partial charge on any atom is -0.481 e. The summed E-state index contributed by atoms with van der Waals surface area (Å²) in [6.07, 6.45) is 9.18. The van der Waals surface area contributed by atoms with Gasteiger partial charge in [0, 0.05) is 6.42 Å². The highest BCUT2D eigenvalue weighted by atomic mass is 16.6. The van der Waals surface area contributed by atoms with Crippen LogP contribution in [-0.4, -0.2) is 44.9 Å². The fourth-order valence-electron chi connectivity index (χ4n) is 10.2. The number of rotatable bonds is 7. The van der Waals surface area contributed by atoms with Gasteiger partial charge in [-0.2, -0.15) is 0 Å². The van der Waals surface area contributed by atoms with Crippen LogP contribution in [0.4, 0.5) is 0 Å². The van der Waals surface area contributed by atoms with Crippen LogP contribution in [0.3, 0.4) is 0 Å². The molecule has 7 nitrogen and oxygen atoms in total. The topological polar surface area (TPSA) is 110 Å². The number of carbonyl (C=O) groups excluding carboxylic acids is 2. The maximum absolute atomic E-state index is 13.2. The largest absolute Gasteiger partial charge is 0.481 e. The number of carboxylic acids is 1. The third-order valence-electron chi connectivity index (χ3n) is 11.4. The van der Waals surface area contributed by atoms with Crippen LogP contribution < -0.4 is 0 Å². The molecule has 0 aromatic rings. The Morgan fingerprint density at radius 3 is 1.81 bits per heavy atom. The normalized spacial score (nSPS) is 49.5. The summed E-state index contributed by atoms with van der Waals surface area (Å²) in [5.41, 5.74) is -2.52. The lowest BCUT2D eigenvalue weighted by atomic mass is 9.48. The second-order valence-electron chi connectivity index (χ2n) is 14.4. The second kappa shape index (κ2) is 7.94. The first-order valence-electron chi connectivity index (χ1n) is 14.2. The quantitative estimate of drug-likeness (QED) is 0.494. The van der Waals surface area contributed by atoms with Crippen LogP contribution in [0, 0.1) is 46.8 Å². The fourth-order valence-corrected chi connectivity index (χ4v) is 10.2. The molecule has 6 unspecified atom stereocenters. The molecule has 0 heterocycles. The predicted octanol–water partition coefficient (Wildman–Crippen LogP) is 4.49. The molecule has 0 radical (unpaired) electrons.